The van der Waals surface area contributed by atoms with Crippen LogP contribution < -0.4 is 0 Å². The van der Waals surface area contributed by atoms with Gasteiger partial charge < -0.3 is 10.2 Å². The average molecular weight is 266 g/mol. The summed E-state index contributed by atoms with van der Waals surface area (Å²) in [7, 11) is 0. The molecule has 1 aromatic rings. The molecular weight excluding hydrogens is 248 g/mol. The Morgan fingerprint density at radius 2 is 1.84 bits per heavy atom. The van der Waals surface area contributed by atoms with E-state index < -0.39 is 11.9 Å². The van der Waals surface area contributed by atoms with E-state index in [1.165, 1.54) is 0 Å². The molecular formula is C13H18N2O4. The number of rotatable bonds is 9. The number of aromatic nitrogens is 1. The van der Waals surface area contributed by atoms with Gasteiger partial charge in [0.15, 0.2) is 0 Å². The number of hydrogen-bond acceptors (Lipinski definition) is 4. The van der Waals surface area contributed by atoms with Gasteiger partial charge in [-0.25, -0.2) is 0 Å². The van der Waals surface area contributed by atoms with Crippen LogP contribution in [-0.2, 0) is 16.1 Å². The second-order valence-corrected chi connectivity index (χ2v) is 4.24. The summed E-state index contributed by atoms with van der Waals surface area (Å²) in [5.41, 5.74) is 0.850. The highest BCUT2D eigenvalue weighted by atomic mass is 16.4. The summed E-state index contributed by atoms with van der Waals surface area (Å²) >= 11 is 0. The van der Waals surface area contributed by atoms with E-state index in [4.69, 9.17) is 10.2 Å². The maximum absolute atomic E-state index is 10.6. The van der Waals surface area contributed by atoms with E-state index in [-0.39, 0.29) is 12.8 Å². The van der Waals surface area contributed by atoms with Crippen molar-refractivity contribution in [1.82, 2.24) is 9.88 Å². The smallest absolute Gasteiger partial charge is 0.304 e. The molecule has 0 fully saturated rings. The quantitative estimate of drug-likeness (QED) is 0.698. The molecule has 0 aromatic carbocycles. The highest BCUT2D eigenvalue weighted by Gasteiger charge is 2.09. The van der Waals surface area contributed by atoms with Crippen molar-refractivity contribution in [2.24, 2.45) is 0 Å². The zero-order chi connectivity index (χ0) is 14.1. The maximum atomic E-state index is 10.6. The van der Waals surface area contributed by atoms with Crippen molar-refractivity contribution in [3.63, 3.8) is 0 Å². The molecule has 0 atom stereocenters. The molecule has 0 unspecified atom stereocenters. The Kier molecular flexibility index (Phi) is 6.52. The Bertz CT molecular complexity index is 408. The Balaban J connectivity index is 2.48. The molecule has 104 valence electrons. The first-order chi connectivity index (χ1) is 9.08. The van der Waals surface area contributed by atoms with E-state index >= 15 is 0 Å². The van der Waals surface area contributed by atoms with Gasteiger partial charge in [-0.15, -0.1) is 0 Å². The van der Waals surface area contributed by atoms with E-state index in [1.807, 2.05) is 23.1 Å². The van der Waals surface area contributed by atoms with Gasteiger partial charge in [0, 0.05) is 25.7 Å². The monoisotopic (exact) mass is 266 g/mol. The predicted molar refractivity (Wildman–Crippen MR) is 68.6 cm³/mol. The van der Waals surface area contributed by atoms with Crippen LogP contribution >= 0.6 is 0 Å². The fourth-order valence-electron chi connectivity index (χ4n) is 1.70. The second kappa shape index (κ2) is 8.20. The fourth-order valence-corrected chi connectivity index (χ4v) is 1.70. The van der Waals surface area contributed by atoms with Crippen molar-refractivity contribution in [1.29, 1.82) is 0 Å². The number of aliphatic carboxylic acids is 2. The number of nitrogens with zero attached hydrogens (tertiary/aromatic N) is 2. The van der Waals surface area contributed by atoms with Crippen molar-refractivity contribution in [2.75, 3.05) is 13.1 Å². The van der Waals surface area contributed by atoms with E-state index in [0.717, 1.165) is 5.69 Å². The number of carboxylic acids is 2. The van der Waals surface area contributed by atoms with Crippen molar-refractivity contribution >= 4 is 11.9 Å². The molecule has 0 bridgehead atoms. The first-order valence-corrected chi connectivity index (χ1v) is 6.14. The van der Waals surface area contributed by atoms with E-state index in [9.17, 15) is 9.59 Å². The number of hydrogen-bond donors (Lipinski definition) is 2. The van der Waals surface area contributed by atoms with Gasteiger partial charge >= 0.3 is 11.9 Å². The van der Waals surface area contributed by atoms with Gasteiger partial charge in [0.05, 0.1) is 12.1 Å². The zero-order valence-corrected chi connectivity index (χ0v) is 10.7. The van der Waals surface area contributed by atoms with Crippen LogP contribution in [0, 0.1) is 0 Å². The minimum Gasteiger partial charge on any atom is -0.481 e. The van der Waals surface area contributed by atoms with E-state index in [0.29, 0.717) is 26.1 Å². The molecule has 6 heteroatoms. The summed E-state index contributed by atoms with van der Waals surface area (Å²) < 4.78 is 0. The van der Waals surface area contributed by atoms with E-state index in [1.54, 1.807) is 6.20 Å². The third-order valence-electron chi connectivity index (χ3n) is 2.62. The van der Waals surface area contributed by atoms with Crippen LogP contribution in [0.3, 0.4) is 0 Å². The van der Waals surface area contributed by atoms with Gasteiger partial charge in [0.1, 0.15) is 0 Å². The molecule has 0 amide bonds. The highest BCUT2D eigenvalue weighted by molar-refractivity contribution is 5.67. The molecule has 2 N–H and O–H groups in total. The summed E-state index contributed by atoms with van der Waals surface area (Å²) in [6, 6.07) is 5.55. The molecule has 0 spiro atoms. The lowest BCUT2D eigenvalue weighted by molar-refractivity contribution is -0.138. The number of pyridine rings is 1. The molecule has 0 aliphatic carbocycles. The van der Waals surface area contributed by atoms with Crippen LogP contribution in [0.15, 0.2) is 24.4 Å². The summed E-state index contributed by atoms with van der Waals surface area (Å²) in [5.74, 6) is -1.69. The maximum Gasteiger partial charge on any atom is 0.304 e. The molecule has 1 rings (SSSR count). The third kappa shape index (κ3) is 7.15. The minimum atomic E-state index is -0.857. The number of carbonyl (C=O) groups is 2. The van der Waals surface area contributed by atoms with Crippen LogP contribution in [0.4, 0.5) is 0 Å². The third-order valence-corrected chi connectivity index (χ3v) is 2.62. The van der Waals surface area contributed by atoms with Crippen LogP contribution in [0.1, 0.15) is 25.0 Å². The van der Waals surface area contributed by atoms with Gasteiger partial charge in [-0.3, -0.25) is 19.5 Å². The standard InChI is InChI=1S/C13H18N2O4/c16-12(17)5-3-8-15(9-6-13(18)19)10-11-4-1-2-7-14-11/h1-2,4,7H,3,5-6,8-10H2,(H,16,17)(H,18,19). The molecule has 0 radical (unpaired) electrons. The topological polar surface area (TPSA) is 90.7 Å². The first kappa shape index (κ1) is 15.1. The minimum absolute atomic E-state index is 0.0416. The Labute approximate surface area is 111 Å². The molecule has 0 aliphatic heterocycles. The predicted octanol–water partition coefficient (Wildman–Crippen LogP) is 1.22. The summed E-state index contributed by atoms with van der Waals surface area (Å²) in [4.78, 5) is 27.2. The summed E-state index contributed by atoms with van der Waals surface area (Å²) in [6.45, 7) is 1.48. The Morgan fingerprint density at radius 1 is 1.11 bits per heavy atom. The fraction of sp³-hybridized carbons (Fsp3) is 0.462. The van der Waals surface area contributed by atoms with Crippen molar-refractivity contribution in [3.05, 3.63) is 30.1 Å². The van der Waals surface area contributed by atoms with Gasteiger partial charge in [0.25, 0.3) is 0 Å². The summed E-state index contributed by atoms with van der Waals surface area (Å²) in [6.07, 6.45) is 2.31. The molecule has 1 aromatic heterocycles. The SMILES string of the molecule is O=C(O)CCCN(CCC(=O)O)Cc1ccccn1. The molecule has 0 saturated heterocycles. The van der Waals surface area contributed by atoms with Crippen molar-refractivity contribution < 1.29 is 19.8 Å². The Morgan fingerprint density at radius 3 is 2.42 bits per heavy atom. The largest absolute Gasteiger partial charge is 0.481 e. The normalized spacial score (nSPS) is 10.6. The van der Waals surface area contributed by atoms with Crippen LogP contribution in [0.2, 0.25) is 0 Å². The van der Waals surface area contributed by atoms with Crippen LogP contribution in [0.5, 0.6) is 0 Å². The lowest BCUT2D eigenvalue weighted by Crippen LogP contribution is -2.28. The highest BCUT2D eigenvalue weighted by Crippen LogP contribution is 2.04. The van der Waals surface area contributed by atoms with Gasteiger partial charge in [-0.05, 0) is 25.1 Å². The first-order valence-electron chi connectivity index (χ1n) is 6.14. The van der Waals surface area contributed by atoms with Crippen LogP contribution in [-0.4, -0.2) is 45.1 Å². The van der Waals surface area contributed by atoms with Gasteiger partial charge in [-0.1, -0.05) is 6.07 Å². The van der Waals surface area contributed by atoms with Crippen LogP contribution in [0.25, 0.3) is 0 Å². The zero-order valence-electron chi connectivity index (χ0n) is 10.7. The van der Waals surface area contributed by atoms with Gasteiger partial charge in [0.2, 0.25) is 0 Å². The summed E-state index contributed by atoms with van der Waals surface area (Å²) in [5, 5.41) is 17.3. The Hall–Kier alpha value is -1.95. The molecule has 6 nitrogen and oxygen atoms in total. The van der Waals surface area contributed by atoms with Crippen molar-refractivity contribution in [3.8, 4) is 0 Å². The lowest BCUT2D eigenvalue weighted by atomic mass is 10.2. The van der Waals surface area contributed by atoms with E-state index in [2.05, 4.69) is 4.98 Å². The molecule has 0 aliphatic rings. The van der Waals surface area contributed by atoms with Crippen molar-refractivity contribution in [2.45, 2.75) is 25.8 Å². The second-order valence-electron chi connectivity index (χ2n) is 4.24. The molecule has 1 heterocycles. The lowest BCUT2D eigenvalue weighted by Gasteiger charge is -2.20. The van der Waals surface area contributed by atoms with Gasteiger partial charge in [-0.2, -0.15) is 0 Å². The average Bonchev–Trinajstić information content (AvgIpc) is 2.36. The number of carboxylic acid groups (broad SMARTS) is 2. The molecule has 0 saturated carbocycles. The molecule has 19 heavy (non-hydrogen) atoms.